The van der Waals surface area contributed by atoms with Crippen LogP contribution in [0.15, 0.2) is 54.6 Å². The van der Waals surface area contributed by atoms with Crippen LogP contribution < -0.4 is 10.1 Å². The first-order chi connectivity index (χ1) is 14.3. The monoisotopic (exact) mass is 408 g/mol. The normalized spacial score (nSPS) is 10.5. The molecular formula is C22H20N2O6. The number of benzene rings is 3. The van der Waals surface area contributed by atoms with Crippen molar-refractivity contribution in [3.8, 4) is 28.4 Å². The van der Waals surface area contributed by atoms with Gasteiger partial charge in [-0.25, -0.2) is 0 Å². The molecule has 0 saturated carbocycles. The molecule has 8 heteroatoms. The van der Waals surface area contributed by atoms with Gasteiger partial charge in [0.25, 0.3) is 11.6 Å². The highest BCUT2D eigenvalue weighted by atomic mass is 16.6. The van der Waals surface area contributed by atoms with Crippen LogP contribution in [0, 0.1) is 17.0 Å². The van der Waals surface area contributed by atoms with E-state index < -0.39 is 10.8 Å². The Hall–Kier alpha value is -4.07. The number of aryl methyl sites for hydroxylation is 1. The molecule has 3 aromatic carbocycles. The van der Waals surface area contributed by atoms with Gasteiger partial charge < -0.3 is 20.3 Å². The molecule has 0 aliphatic carbocycles. The fourth-order valence-electron chi connectivity index (χ4n) is 3.10. The number of nitro benzene ring substituents is 1. The molecule has 0 unspecified atom stereocenters. The number of nitro groups is 1. The number of aromatic hydroxyl groups is 2. The van der Waals surface area contributed by atoms with Crippen molar-refractivity contribution in [1.82, 2.24) is 5.32 Å². The fraction of sp³-hybridized carbons (Fsp3) is 0.136. The summed E-state index contributed by atoms with van der Waals surface area (Å²) in [6, 6.07) is 13.6. The number of nitrogens with one attached hydrogen (secondary N) is 1. The van der Waals surface area contributed by atoms with E-state index in [4.69, 9.17) is 4.74 Å². The average Bonchev–Trinajstić information content (AvgIpc) is 2.72. The van der Waals surface area contributed by atoms with Crippen molar-refractivity contribution in [2.75, 3.05) is 7.11 Å². The number of ether oxygens (including phenoxy) is 1. The first kappa shape index (κ1) is 20.7. The number of phenolic OH excluding ortho intramolecular Hbond substituents is 2. The van der Waals surface area contributed by atoms with E-state index in [0.29, 0.717) is 22.4 Å². The van der Waals surface area contributed by atoms with E-state index in [9.17, 15) is 25.1 Å². The van der Waals surface area contributed by atoms with Crippen molar-refractivity contribution < 1.29 is 24.7 Å². The highest BCUT2D eigenvalue weighted by Crippen LogP contribution is 2.32. The summed E-state index contributed by atoms with van der Waals surface area (Å²) in [6.07, 6.45) is 0. The SMILES string of the molecule is COc1cc(C)c(-c2cccc([N+](=O)[O-])c2)cc1C(=O)NCc1ccc(O)cc1O. The number of amides is 1. The number of nitrogens with zero attached hydrogens (tertiary/aromatic N) is 1. The van der Waals surface area contributed by atoms with Crippen molar-refractivity contribution in [2.24, 2.45) is 0 Å². The molecule has 154 valence electrons. The highest BCUT2D eigenvalue weighted by molar-refractivity contribution is 5.98. The van der Waals surface area contributed by atoms with Crippen molar-refractivity contribution >= 4 is 11.6 Å². The third-order valence-corrected chi connectivity index (χ3v) is 4.67. The number of phenols is 2. The van der Waals surface area contributed by atoms with E-state index in [1.807, 2.05) is 6.92 Å². The van der Waals surface area contributed by atoms with Gasteiger partial charge in [0, 0.05) is 30.3 Å². The van der Waals surface area contributed by atoms with E-state index in [1.165, 1.54) is 37.4 Å². The molecule has 0 fully saturated rings. The smallest absolute Gasteiger partial charge is 0.270 e. The molecule has 0 atom stereocenters. The standard InChI is InChI=1S/C22H20N2O6/c1-13-8-21(30-2)19(11-18(13)14-4-3-5-16(9-14)24(28)29)22(27)23-12-15-6-7-17(25)10-20(15)26/h3-11,25-26H,12H2,1-2H3,(H,23,27). The molecular weight excluding hydrogens is 388 g/mol. The zero-order valence-electron chi connectivity index (χ0n) is 16.4. The van der Waals surface area contributed by atoms with Crippen LogP contribution in [0.3, 0.4) is 0 Å². The van der Waals surface area contributed by atoms with Crippen LogP contribution >= 0.6 is 0 Å². The Kier molecular flexibility index (Phi) is 5.87. The molecule has 30 heavy (non-hydrogen) atoms. The van der Waals surface area contributed by atoms with Crippen molar-refractivity contribution in [1.29, 1.82) is 0 Å². The van der Waals surface area contributed by atoms with Gasteiger partial charge in [-0.05, 0) is 47.9 Å². The fourth-order valence-corrected chi connectivity index (χ4v) is 3.10. The average molecular weight is 408 g/mol. The molecule has 0 saturated heterocycles. The van der Waals surface area contributed by atoms with Crippen LogP contribution in [0.1, 0.15) is 21.5 Å². The van der Waals surface area contributed by atoms with Crippen LogP contribution in [0.2, 0.25) is 0 Å². The summed E-state index contributed by atoms with van der Waals surface area (Å²) in [5.41, 5.74) is 2.71. The lowest BCUT2D eigenvalue weighted by molar-refractivity contribution is -0.384. The molecule has 3 aromatic rings. The van der Waals surface area contributed by atoms with Gasteiger partial charge in [0.15, 0.2) is 0 Å². The van der Waals surface area contributed by atoms with Gasteiger partial charge in [0.05, 0.1) is 17.6 Å². The second kappa shape index (κ2) is 8.52. The van der Waals surface area contributed by atoms with Gasteiger partial charge in [-0.2, -0.15) is 0 Å². The van der Waals surface area contributed by atoms with E-state index in [0.717, 1.165) is 5.56 Å². The topological polar surface area (TPSA) is 122 Å². The summed E-state index contributed by atoms with van der Waals surface area (Å²) in [7, 11) is 1.45. The van der Waals surface area contributed by atoms with Gasteiger partial charge in [-0.15, -0.1) is 0 Å². The van der Waals surface area contributed by atoms with Crippen molar-refractivity contribution in [3.63, 3.8) is 0 Å². The highest BCUT2D eigenvalue weighted by Gasteiger charge is 2.17. The lowest BCUT2D eigenvalue weighted by Crippen LogP contribution is -2.23. The zero-order chi connectivity index (χ0) is 21.8. The number of carbonyl (C=O) groups excluding carboxylic acids is 1. The molecule has 3 N–H and O–H groups in total. The molecule has 1 amide bonds. The first-order valence-electron chi connectivity index (χ1n) is 9.02. The third kappa shape index (κ3) is 4.33. The Balaban J connectivity index is 1.93. The Morgan fingerprint density at radius 1 is 1.13 bits per heavy atom. The minimum absolute atomic E-state index is 0.0358. The largest absolute Gasteiger partial charge is 0.508 e. The quantitative estimate of drug-likeness (QED) is 0.420. The minimum atomic E-state index is -0.472. The molecule has 0 bridgehead atoms. The van der Waals surface area contributed by atoms with Crippen molar-refractivity contribution in [3.05, 3.63) is 81.4 Å². The summed E-state index contributed by atoms with van der Waals surface area (Å²) in [5.74, 6) is -0.298. The lowest BCUT2D eigenvalue weighted by Gasteiger charge is -2.14. The van der Waals surface area contributed by atoms with E-state index in [-0.39, 0.29) is 29.3 Å². The molecule has 0 radical (unpaired) electrons. The molecule has 3 rings (SSSR count). The van der Waals surface area contributed by atoms with E-state index in [2.05, 4.69) is 5.32 Å². The number of non-ortho nitro benzene ring substituents is 1. The number of hydrogen-bond acceptors (Lipinski definition) is 6. The van der Waals surface area contributed by atoms with Gasteiger partial charge in [-0.3, -0.25) is 14.9 Å². The molecule has 0 aliphatic heterocycles. The van der Waals surface area contributed by atoms with Gasteiger partial charge in [0.2, 0.25) is 0 Å². The molecule has 0 aromatic heterocycles. The maximum atomic E-state index is 12.8. The second-order valence-electron chi connectivity index (χ2n) is 6.67. The molecule has 8 nitrogen and oxygen atoms in total. The number of rotatable bonds is 6. The summed E-state index contributed by atoms with van der Waals surface area (Å²) < 4.78 is 5.34. The summed E-state index contributed by atoms with van der Waals surface area (Å²) in [6.45, 7) is 1.86. The van der Waals surface area contributed by atoms with Crippen LogP contribution in [0.5, 0.6) is 17.2 Å². The number of methoxy groups -OCH3 is 1. The first-order valence-corrected chi connectivity index (χ1v) is 9.02. The Morgan fingerprint density at radius 3 is 2.57 bits per heavy atom. The Morgan fingerprint density at radius 2 is 1.90 bits per heavy atom. The predicted molar refractivity (Wildman–Crippen MR) is 111 cm³/mol. The van der Waals surface area contributed by atoms with Crippen LogP contribution in [-0.4, -0.2) is 28.2 Å². The van der Waals surface area contributed by atoms with E-state index >= 15 is 0 Å². The zero-order valence-corrected chi connectivity index (χ0v) is 16.4. The molecule has 0 aliphatic rings. The second-order valence-corrected chi connectivity index (χ2v) is 6.67. The van der Waals surface area contributed by atoms with Crippen LogP contribution in [0.4, 0.5) is 5.69 Å². The summed E-state index contributed by atoms with van der Waals surface area (Å²) in [4.78, 5) is 23.4. The van der Waals surface area contributed by atoms with E-state index in [1.54, 1.807) is 24.3 Å². The van der Waals surface area contributed by atoms with Crippen LogP contribution in [0.25, 0.3) is 11.1 Å². The van der Waals surface area contributed by atoms with Crippen molar-refractivity contribution in [2.45, 2.75) is 13.5 Å². The summed E-state index contributed by atoms with van der Waals surface area (Å²) in [5, 5.41) is 33.1. The number of hydrogen-bond donors (Lipinski definition) is 3. The molecule has 0 heterocycles. The number of carbonyl (C=O) groups is 1. The summed E-state index contributed by atoms with van der Waals surface area (Å²) >= 11 is 0. The Bertz CT molecular complexity index is 1130. The van der Waals surface area contributed by atoms with Gasteiger partial charge in [0.1, 0.15) is 17.2 Å². The van der Waals surface area contributed by atoms with Gasteiger partial charge >= 0.3 is 0 Å². The minimum Gasteiger partial charge on any atom is -0.508 e. The maximum absolute atomic E-state index is 12.8. The van der Waals surface area contributed by atoms with Gasteiger partial charge in [-0.1, -0.05) is 12.1 Å². The lowest BCUT2D eigenvalue weighted by atomic mass is 9.96. The predicted octanol–water partition coefficient (Wildman–Crippen LogP) is 3.92. The van der Waals surface area contributed by atoms with Crippen LogP contribution in [-0.2, 0) is 6.54 Å². The third-order valence-electron chi connectivity index (χ3n) is 4.67. The maximum Gasteiger partial charge on any atom is 0.270 e. The molecule has 0 spiro atoms. The Labute approximate surface area is 172 Å².